The summed E-state index contributed by atoms with van der Waals surface area (Å²) in [6.07, 6.45) is 3.98. The van der Waals surface area contributed by atoms with Gasteiger partial charge in [-0.05, 0) is 43.8 Å². The van der Waals surface area contributed by atoms with Gasteiger partial charge in [-0.3, -0.25) is 4.79 Å². The van der Waals surface area contributed by atoms with Gasteiger partial charge in [-0.2, -0.15) is 16.3 Å². The average molecular weight is 348 g/mol. The zero-order valence-corrected chi connectivity index (χ0v) is 14.8. The molecule has 130 valence electrons. The lowest BCUT2D eigenvalue weighted by Crippen LogP contribution is -2.46. The molecular formula is C17H24N4O2S. The molecule has 0 atom stereocenters. The summed E-state index contributed by atoms with van der Waals surface area (Å²) >= 11 is 1.60. The Morgan fingerprint density at radius 3 is 3.00 bits per heavy atom. The van der Waals surface area contributed by atoms with E-state index in [1.807, 2.05) is 16.8 Å². The second kappa shape index (κ2) is 8.39. The number of piperidine rings is 1. The number of nitrogens with zero attached hydrogens (tertiary/aromatic N) is 3. The predicted molar refractivity (Wildman–Crippen MR) is 93.8 cm³/mol. The van der Waals surface area contributed by atoms with Crippen LogP contribution < -0.4 is 5.32 Å². The number of hydrogen-bond donors (Lipinski definition) is 1. The van der Waals surface area contributed by atoms with Crippen LogP contribution in [-0.4, -0.2) is 46.6 Å². The summed E-state index contributed by atoms with van der Waals surface area (Å²) in [7, 11) is 0. The number of aryl methyl sites for hydroxylation is 1. The molecule has 1 amide bonds. The highest BCUT2D eigenvalue weighted by Gasteiger charge is 2.24. The van der Waals surface area contributed by atoms with Crippen molar-refractivity contribution < 1.29 is 9.32 Å². The summed E-state index contributed by atoms with van der Waals surface area (Å²) in [5.74, 6) is 1.33. The van der Waals surface area contributed by atoms with E-state index in [1.165, 1.54) is 0 Å². The molecule has 2 aromatic heterocycles. The molecule has 1 saturated heterocycles. The third-order valence-electron chi connectivity index (χ3n) is 4.33. The maximum atomic E-state index is 12.7. The summed E-state index contributed by atoms with van der Waals surface area (Å²) in [5.41, 5.74) is 0.962. The average Bonchev–Trinajstić information content (AvgIpc) is 3.29. The first-order valence-corrected chi connectivity index (χ1v) is 9.57. The van der Waals surface area contributed by atoms with Crippen LogP contribution in [-0.2, 0) is 11.2 Å². The summed E-state index contributed by atoms with van der Waals surface area (Å²) in [4.78, 5) is 19.1. The number of aromatic nitrogens is 2. The Morgan fingerprint density at radius 2 is 2.29 bits per heavy atom. The van der Waals surface area contributed by atoms with Gasteiger partial charge in [0.05, 0.1) is 0 Å². The zero-order valence-electron chi connectivity index (χ0n) is 14.0. The van der Waals surface area contributed by atoms with E-state index in [2.05, 4.69) is 27.3 Å². The first kappa shape index (κ1) is 17.1. The standard InChI is InChI=1S/C17H24N4O2S/c1-2-10-21(14-5-8-18-9-6-14)16(22)4-3-15-19-17(20-23-15)13-7-11-24-12-13/h7,11-12,14,18H,2-6,8-10H2,1H3. The summed E-state index contributed by atoms with van der Waals surface area (Å²) in [6.45, 7) is 4.93. The van der Waals surface area contributed by atoms with E-state index >= 15 is 0 Å². The number of hydrogen-bond acceptors (Lipinski definition) is 6. The molecule has 7 heteroatoms. The minimum atomic E-state index is 0.194. The minimum absolute atomic E-state index is 0.194. The summed E-state index contributed by atoms with van der Waals surface area (Å²) in [6, 6.07) is 2.33. The van der Waals surface area contributed by atoms with Crippen molar-refractivity contribution in [2.45, 2.75) is 45.1 Å². The van der Waals surface area contributed by atoms with Crippen molar-refractivity contribution >= 4 is 17.2 Å². The molecular weight excluding hydrogens is 324 g/mol. The van der Waals surface area contributed by atoms with Gasteiger partial charge in [0.15, 0.2) is 0 Å². The monoisotopic (exact) mass is 348 g/mol. The molecule has 0 unspecified atom stereocenters. The van der Waals surface area contributed by atoms with Crippen LogP contribution in [0.1, 0.15) is 38.5 Å². The molecule has 0 aromatic carbocycles. The Balaban J connectivity index is 1.57. The second-order valence-corrected chi connectivity index (χ2v) is 6.87. The fourth-order valence-corrected chi connectivity index (χ4v) is 3.73. The van der Waals surface area contributed by atoms with Crippen LogP contribution in [0.4, 0.5) is 0 Å². The van der Waals surface area contributed by atoms with Gasteiger partial charge < -0.3 is 14.7 Å². The largest absolute Gasteiger partial charge is 0.340 e. The van der Waals surface area contributed by atoms with Gasteiger partial charge in [-0.1, -0.05) is 12.1 Å². The fraction of sp³-hybridized carbons (Fsp3) is 0.588. The maximum Gasteiger partial charge on any atom is 0.227 e. The molecule has 1 aliphatic rings. The van der Waals surface area contributed by atoms with E-state index in [0.717, 1.165) is 44.5 Å². The maximum absolute atomic E-state index is 12.7. The molecule has 0 spiro atoms. The van der Waals surface area contributed by atoms with Crippen LogP contribution >= 0.6 is 11.3 Å². The molecule has 6 nitrogen and oxygen atoms in total. The summed E-state index contributed by atoms with van der Waals surface area (Å²) in [5, 5.41) is 11.3. The van der Waals surface area contributed by atoms with Crippen molar-refractivity contribution in [1.82, 2.24) is 20.4 Å². The molecule has 0 bridgehead atoms. The van der Waals surface area contributed by atoms with E-state index in [9.17, 15) is 4.79 Å². The SMILES string of the molecule is CCCN(C(=O)CCc1nc(-c2ccsc2)no1)C1CCNCC1. The van der Waals surface area contributed by atoms with Crippen molar-refractivity contribution in [1.29, 1.82) is 0 Å². The van der Waals surface area contributed by atoms with Gasteiger partial charge in [0.25, 0.3) is 0 Å². The fourth-order valence-electron chi connectivity index (χ4n) is 3.09. The van der Waals surface area contributed by atoms with Crippen LogP contribution in [0.15, 0.2) is 21.3 Å². The highest BCUT2D eigenvalue weighted by molar-refractivity contribution is 7.08. The summed E-state index contributed by atoms with van der Waals surface area (Å²) < 4.78 is 5.29. The Kier molecular flexibility index (Phi) is 5.98. The predicted octanol–water partition coefficient (Wildman–Crippen LogP) is 2.72. The lowest BCUT2D eigenvalue weighted by atomic mass is 10.0. The molecule has 0 saturated carbocycles. The van der Waals surface area contributed by atoms with Crippen molar-refractivity contribution in [3.05, 3.63) is 22.7 Å². The first-order chi connectivity index (χ1) is 11.8. The Morgan fingerprint density at radius 1 is 1.46 bits per heavy atom. The highest BCUT2D eigenvalue weighted by Crippen LogP contribution is 2.19. The van der Waals surface area contributed by atoms with Crippen molar-refractivity contribution in [2.75, 3.05) is 19.6 Å². The van der Waals surface area contributed by atoms with Crippen LogP contribution in [0.5, 0.6) is 0 Å². The van der Waals surface area contributed by atoms with Crippen molar-refractivity contribution in [3.8, 4) is 11.4 Å². The molecule has 2 aromatic rings. The quantitative estimate of drug-likeness (QED) is 0.833. The van der Waals surface area contributed by atoms with Crippen LogP contribution in [0.2, 0.25) is 0 Å². The third kappa shape index (κ3) is 4.21. The number of amides is 1. The topological polar surface area (TPSA) is 71.3 Å². The number of carbonyl (C=O) groups is 1. The number of carbonyl (C=O) groups excluding carboxylic acids is 1. The van der Waals surface area contributed by atoms with Crippen molar-refractivity contribution in [3.63, 3.8) is 0 Å². The zero-order chi connectivity index (χ0) is 16.8. The second-order valence-electron chi connectivity index (χ2n) is 6.09. The highest BCUT2D eigenvalue weighted by atomic mass is 32.1. The van der Waals surface area contributed by atoms with E-state index < -0.39 is 0 Å². The van der Waals surface area contributed by atoms with Gasteiger partial charge in [-0.15, -0.1) is 0 Å². The molecule has 0 radical (unpaired) electrons. The van der Waals surface area contributed by atoms with Gasteiger partial charge in [0.1, 0.15) is 0 Å². The number of rotatable bonds is 7. The lowest BCUT2D eigenvalue weighted by molar-refractivity contribution is -0.134. The normalized spacial score (nSPS) is 15.5. The van der Waals surface area contributed by atoms with Gasteiger partial charge in [-0.25, -0.2) is 0 Å². The van der Waals surface area contributed by atoms with E-state index in [-0.39, 0.29) is 5.91 Å². The smallest absolute Gasteiger partial charge is 0.227 e. The Bertz CT molecular complexity index is 635. The Hall–Kier alpha value is -1.73. The van der Waals surface area contributed by atoms with E-state index in [0.29, 0.717) is 30.6 Å². The van der Waals surface area contributed by atoms with Crippen LogP contribution in [0.25, 0.3) is 11.4 Å². The van der Waals surface area contributed by atoms with Gasteiger partial charge in [0.2, 0.25) is 17.6 Å². The first-order valence-electron chi connectivity index (χ1n) is 8.63. The van der Waals surface area contributed by atoms with E-state index in [1.54, 1.807) is 11.3 Å². The Labute approximate surface area is 146 Å². The van der Waals surface area contributed by atoms with Gasteiger partial charge in [0, 0.05) is 36.4 Å². The molecule has 3 rings (SSSR count). The van der Waals surface area contributed by atoms with E-state index in [4.69, 9.17) is 4.52 Å². The molecule has 3 heterocycles. The van der Waals surface area contributed by atoms with Gasteiger partial charge >= 0.3 is 0 Å². The molecule has 0 aliphatic carbocycles. The molecule has 1 aliphatic heterocycles. The lowest BCUT2D eigenvalue weighted by Gasteiger charge is -2.34. The number of thiophene rings is 1. The number of nitrogens with one attached hydrogen (secondary N) is 1. The molecule has 1 fully saturated rings. The minimum Gasteiger partial charge on any atom is -0.340 e. The van der Waals surface area contributed by atoms with Crippen LogP contribution in [0, 0.1) is 0 Å². The third-order valence-corrected chi connectivity index (χ3v) is 5.02. The molecule has 1 N–H and O–H groups in total. The van der Waals surface area contributed by atoms with Crippen LogP contribution in [0.3, 0.4) is 0 Å². The van der Waals surface area contributed by atoms with Crippen molar-refractivity contribution in [2.24, 2.45) is 0 Å². The molecule has 24 heavy (non-hydrogen) atoms.